The molecule has 1 aromatic heterocycles. The van der Waals surface area contributed by atoms with Gasteiger partial charge in [-0.15, -0.1) is 0 Å². The number of H-pyrrole nitrogens is 1. The predicted molar refractivity (Wildman–Crippen MR) is 91.1 cm³/mol. The lowest BCUT2D eigenvalue weighted by molar-refractivity contribution is -0.0615. The molecule has 6 heteroatoms. The first kappa shape index (κ1) is 16.5. The molecule has 1 atom stereocenters. The molecule has 2 heterocycles. The van der Waals surface area contributed by atoms with E-state index in [-0.39, 0.29) is 17.6 Å². The maximum Gasteiger partial charge on any atom is 0.269 e. The minimum atomic E-state index is -0.196. The number of aromatic nitrogens is 2. The van der Waals surface area contributed by atoms with Crippen molar-refractivity contribution < 1.29 is 14.3 Å². The summed E-state index contributed by atoms with van der Waals surface area (Å²) >= 11 is 0. The normalized spacial score (nSPS) is 19.7. The molecule has 1 amide bonds. The van der Waals surface area contributed by atoms with Gasteiger partial charge in [0.15, 0.2) is 0 Å². The lowest BCUT2D eigenvalue weighted by Gasteiger charge is -2.35. The quantitative estimate of drug-likeness (QED) is 0.904. The predicted octanol–water partition coefficient (Wildman–Crippen LogP) is 2.77. The fourth-order valence-corrected chi connectivity index (χ4v) is 2.97. The zero-order valence-electron chi connectivity index (χ0n) is 14.3. The van der Waals surface area contributed by atoms with Crippen LogP contribution in [0.4, 0.5) is 0 Å². The van der Waals surface area contributed by atoms with Crippen molar-refractivity contribution in [2.24, 2.45) is 0 Å². The number of hydrogen-bond acceptors (Lipinski definition) is 4. The van der Waals surface area contributed by atoms with Gasteiger partial charge in [0.05, 0.1) is 18.4 Å². The van der Waals surface area contributed by atoms with Crippen LogP contribution in [0.5, 0.6) is 5.75 Å². The van der Waals surface area contributed by atoms with E-state index in [2.05, 4.69) is 15.5 Å². The Kier molecular flexibility index (Phi) is 4.57. The molecule has 1 fully saturated rings. The molecule has 2 aromatic rings. The molecule has 0 unspecified atom stereocenters. The average Bonchev–Trinajstić information content (AvgIpc) is 3.04. The SMILES string of the molecule is COc1ccc(-c2cc(C(=O)N[C@H]3CCOC(C)(C)C3)[nH]n2)cc1. The smallest absolute Gasteiger partial charge is 0.269 e. The first-order valence-electron chi connectivity index (χ1n) is 8.11. The summed E-state index contributed by atoms with van der Waals surface area (Å²) in [6.45, 7) is 4.75. The van der Waals surface area contributed by atoms with E-state index < -0.39 is 0 Å². The lowest BCUT2D eigenvalue weighted by atomic mass is 9.94. The maximum atomic E-state index is 12.4. The number of ether oxygens (including phenoxy) is 2. The molecule has 1 aliphatic heterocycles. The van der Waals surface area contributed by atoms with Crippen LogP contribution in [0.15, 0.2) is 30.3 Å². The zero-order chi connectivity index (χ0) is 17.2. The summed E-state index contributed by atoms with van der Waals surface area (Å²) in [5.41, 5.74) is 1.93. The first-order valence-corrected chi connectivity index (χ1v) is 8.11. The fourth-order valence-electron chi connectivity index (χ4n) is 2.97. The number of amides is 1. The monoisotopic (exact) mass is 329 g/mol. The third-order valence-corrected chi connectivity index (χ3v) is 4.24. The molecule has 1 aromatic carbocycles. The minimum Gasteiger partial charge on any atom is -0.497 e. The van der Waals surface area contributed by atoms with Crippen LogP contribution in [-0.4, -0.2) is 41.5 Å². The van der Waals surface area contributed by atoms with E-state index in [1.807, 2.05) is 38.1 Å². The number of carbonyl (C=O) groups excluding carboxylic acids is 1. The maximum absolute atomic E-state index is 12.4. The minimum absolute atomic E-state index is 0.119. The Hall–Kier alpha value is -2.34. The van der Waals surface area contributed by atoms with E-state index in [1.54, 1.807) is 13.2 Å². The van der Waals surface area contributed by atoms with Gasteiger partial charge in [-0.1, -0.05) is 0 Å². The van der Waals surface area contributed by atoms with Gasteiger partial charge in [-0.3, -0.25) is 9.89 Å². The summed E-state index contributed by atoms with van der Waals surface area (Å²) in [5, 5.41) is 10.1. The van der Waals surface area contributed by atoms with E-state index in [0.29, 0.717) is 12.3 Å². The summed E-state index contributed by atoms with van der Waals surface area (Å²) in [6.07, 6.45) is 1.63. The summed E-state index contributed by atoms with van der Waals surface area (Å²) in [5.74, 6) is 0.652. The third-order valence-electron chi connectivity index (χ3n) is 4.24. The van der Waals surface area contributed by atoms with Gasteiger partial charge < -0.3 is 14.8 Å². The van der Waals surface area contributed by atoms with Crippen molar-refractivity contribution in [3.63, 3.8) is 0 Å². The number of rotatable bonds is 4. The zero-order valence-corrected chi connectivity index (χ0v) is 14.3. The highest BCUT2D eigenvalue weighted by Gasteiger charge is 2.30. The van der Waals surface area contributed by atoms with E-state index in [4.69, 9.17) is 9.47 Å². The Morgan fingerprint density at radius 2 is 2.12 bits per heavy atom. The summed E-state index contributed by atoms with van der Waals surface area (Å²) in [7, 11) is 1.63. The van der Waals surface area contributed by atoms with Crippen LogP contribution in [0.1, 0.15) is 37.2 Å². The van der Waals surface area contributed by atoms with E-state index in [0.717, 1.165) is 29.8 Å². The number of methoxy groups -OCH3 is 1. The average molecular weight is 329 g/mol. The van der Waals surface area contributed by atoms with Crippen molar-refractivity contribution in [2.45, 2.75) is 38.3 Å². The number of hydrogen-bond donors (Lipinski definition) is 2. The van der Waals surface area contributed by atoms with Gasteiger partial charge in [-0.2, -0.15) is 5.10 Å². The molecule has 0 radical (unpaired) electrons. The van der Waals surface area contributed by atoms with Crippen molar-refractivity contribution in [1.29, 1.82) is 0 Å². The number of carbonyl (C=O) groups is 1. The van der Waals surface area contributed by atoms with Crippen LogP contribution in [-0.2, 0) is 4.74 Å². The van der Waals surface area contributed by atoms with Gasteiger partial charge in [-0.25, -0.2) is 0 Å². The lowest BCUT2D eigenvalue weighted by Crippen LogP contribution is -2.45. The van der Waals surface area contributed by atoms with E-state index in [1.165, 1.54) is 0 Å². The van der Waals surface area contributed by atoms with Crippen molar-refractivity contribution >= 4 is 5.91 Å². The number of aromatic amines is 1. The molecule has 0 bridgehead atoms. The summed E-state index contributed by atoms with van der Waals surface area (Å²) in [6, 6.07) is 9.45. The molecule has 24 heavy (non-hydrogen) atoms. The standard InChI is InChI=1S/C18H23N3O3/c1-18(2)11-13(8-9-24-18)19-17(22)16-10-15(20-21-16)12-4-6-14(23-3)7-5-12/h4-7,10,13H,8-9,11H2,1-3H3,(H,19,22)(H,20,21)/t13-/m0/s1. The summed E-state index contributed by atoms with van der Waals surface area (Å²) in [4.78, 5) is 12.4. The third kappa shape index (κ3) is 3.76. The van der Waals surface area contributed by atoms with Gasteiger partial charge in [0, 0.05) is 18.2 Å². The molecule has 1 aliphatic rings. The second-order valence-corrected chi connectivity index (χ2v) is 6.67. The van der Waals surface area contributed by atoms with Crippen LogP contribution in [0.3, 0.4) is 0 Å². The van der Waals surface area contributed by atoms with Gasteiger partial charge >= 0.3 is 0 Å². The molecule has 128 valence electrons. The highest BCUT2D eigenvalue weighted by atomic mass is 16.5. The molecule has 1 saturated heterocycles. The van der Waals surface area contributed by atoms with Crippen LogP contribution >= 0.6 is 0 Å². The highest BCUT2D eigenvalue weighted by Crippen LogP contribution is 2.24. The Labute approximate surface area is 141 Å². The van der Waals surface area contributed by atoms with Crippen LogP contribution < -0.4 is 10.1 Å². The second-order valence-electron chi connectivity index (χ2n) is 6.67. The molecule has 2 N–H and O–H groups in total. The second kappa shape index (κ2) is 6.65. The van der Waals surface area contributed by atoms with Gasteiger partial charge in [0.2, 0.25) is 0 Å². The number of nitrogens with one attached hydrogen (secondary N) is 2. The molecule has 0 aliphatic carbocycles. The Balaban J connectivity index is 1.67. The van der Waals surface area contributed by atoms with E-state index in [9.17, 15) is 4.79 Å². The Bertz CT molecular complexity index is 707. The number of nitrogens with zero attached hydrogens (tertiary/aromatic N) is 1. The molecular weight excluding hydrogens is 306 g/mol. The van der Waals surface area contributed by atoms with Crippen LogP contribution in [0.25, 0.3) is 11.3 Å². The van der Waals surface area contributed by atoms with Crippen molar-refractivity contribution in [2.75, 3.05) is 13.7 Å². The van der Waals surface area contributed by atoms with Gasteiger partial charge in [-0.05, 0) is 57.0 Å². The number of benzene rings is 1. The summed E-state index contributed by atoms with van der Waals surface area (Å²) < 4.78 is 10.8. The van der Waals surface area contributed by atoms with Crippen molar-refractivity contribution in [3.05, 3.63) is 36.0 Å². The van der Waals surface area contributed by atoms with Gasteiger partial charge in [0.1, 0.15) is 11.4 Å². The van der Waals surface area contributed by atoms with Crippen molar-refractivity contribution in [1.82, 2.24) is 15.5 Å². The Morgan fingerprint density at radius 3 is 2.79 bits per heavy atom. The van der Waals surface area contributed by atoms with Crippen LogP contribution in [0.2, 0.25) is 0 Å². The first-order chi connectivity index (χ1) is 11.5. The Morgan fingerprint density at radius 1 is 1.38 bits per heavy atom. The largest absolute Gasteiger partial charge is 0.497 e. The highest BCUT2D eigenvalue weighted by molar-refractivity contribution is 5.93. The van der Waals surface area contributed by atoms with Crippen molar-refractivity contribution in [3.8, 4) is 17.0 Å². The van der Waals surface area contributed by atoms with Gasteiger partial charge in [0.25, 0.3) is 5.91 Å². The molecular formula is C18H23N3O3. The fraction of sp³-hybridized carbons (Fsp3) is 0.444. The van der Waals surface area contributed by atoms with E-state index >= 15 is 0 Å². The molecule has 0 spiro atoms. The van der Waals surface area contributed by atoms with Crippen LogP contribution in [0, 0.1) is 0 Å². The molecule has 0 saturated carbocycles. The molecule has 6 nitrogen and oxygen atoms in total. The molecule has 3 rings (SSSR count). The topological polar surface area (TPSA) is 76.2 Å².